The first-order valence-electron chi connectivity index (χ1n) is 4.59. The monoisotopic (exact) mass is 254 g/mol. The number of halogens is 2. The minimum Gasteiger partial charge on any atom is -0.240 e. The van der Waals surface area contributed by atoms with Crippen molar-refractivity contribution in [2.45, 2.75) is 11.8 Å². The van der Waals surface area contributed by atoms with Gasteiger partial charge in [-0.15, -0.1) is 23.2 Å². The summed E-state index contributed by atoms with van der Waals surface area (Å²) in [5, 5.41) is 0. The lowest BCUT2D eigenvalue weighted by Gasteiger charge is -2.02. The molecule has 0 aliphatic rings. The Morgan fingerprint density at radius 1 is 0.812 bits per heavy atom. The van der Waals surface area contributed by atoms with Crippen molar-refractivity contribution in [2.75, 3.05) is 0 Å². The highest BCUT2D eigenvalue weighted by atomic mass is 35.5. The Kier molecular flexibility index (Phi) is 3.64. The molecule has 0 saturated carbocycles. The van der Waals surface area contributed by atoms with Crippen LogP contribution in [-0.2, 0) is 11.8 Å². The van der Waals surface area contributed by atoms with Gasteiger partial charge in [-0.05, 0) is 12.1 Å². The lowest BCUT2D eigenvalue weighted by molar-refractivity contribution is 0.998. The third-order valence-electron chi connectivity index (χ3n) is 1.91. The summed E-state index contributed by atoms with van der Waals surface area (Å²) >= 11 is 11.3. The number of rotatable bonds is 3. The van der Waals surface area contributed by atoms with Gasteiger partial charge in [0.25, 0.3) is 0 Å². The van der Waals surface area contributed by atoms with Crippen molar-refractivity contribution in [2.24, 2.45) is 0 Å². The smallest absolute Gasteiger partial charge is 0.143 e. The predicted molar refractivity (Wildman–Crippen MR) is 62.2 cm³/mol. The van der Waals surface area contributed by atoms with Crippen LogP contribution in [0.5, 0.6) is 0 Å². The average molecular weight is 255 g/mol. The fraction of sp³-hybridized carbons (Fsp3) is 0.200. The molecule has 2 rings (SSSR count). The molecule has 4 nitrogen and oxygen atoms in total. The molecule has 0 radical (unpaired) electrons. The summed E-state index contributed by atoms with van der Waals surface area (Å²) in [6, 6.07) is 3.55. The Morgan fingerprint density at radius 3 is 1.62 bits per heavy atom. The summed E-state index contributed by atoms with van der Waals surface area (Å²) in [5.74, 6) is 1.71. The van der Waals surface area contributed by atoms with E-state index in [1.165, 1.54) is 0 Å². The van der Waals surface area contributed by atoms with Gasteiger partial charge in [-0.25, -0.2) is 19.9 Å². The molecule has 0 unspecified atom stereocenters. The highest BCUT2D eigenvalue weighted by molar-refractivity contribution is 6.17. The Labute approximate surface area is 103 Å². The molecule has 0 aromatic carbocycles. The summed E-state index contributed by atoms with van der Waals surface area (Å²) in [5.41, 5.74) is 1.44. The van der Waals surface area contributed by atoms with Crippen LogP contribution in [-0.4, -0.2) is 19.9 Å². The van der Waals surface area contributed by atoms with Gasteiger partial charge in [-0.3, -0.25) is 0 Å². The van der Waals surface area contributed by atoms with E-state index in [0.29, 0.717) is 11.6 Å². The van der Waals surface area contributed by atoms with E-state index < -0.39 is 0 Å². The fourth-order valence-corrected chi connectivity index (χ4v) is 1.47. The summed E-state index contributed by atoms with van der Waals surface area (Å²) in [6.07, 6.45) is 3.31. The third kappa shape index (κ3) is 2.46. The molecule has 0 spiro atoms. The molecule has 0 bridgehead atoms. The van der Waals surface area contributed by atoms with Crippen LogP contribution in [0.4, 0.5) is 0 Å². The van der Waals surface area contributed by atoms with Crippen LogP contribution < -0.4 is 0 Å². The molecule has 0 aliphatic carbocycles. The quantitative estimate of drug-likeness (QED) is 0.790. The van der Waals surface area contributed by atoms with Gasteiger partial charge in [0.1, 0.15) is 11.6 Å². The van der Waals surface area contributed by atoms with Crippen molar-refractivity contribution >= 4 is 23.2 Å². The maximum Gasteiger partial charge on any atom is 0.143 e. The van der Waals surface area contributed by atoms with Crippen molar-refractivity contribution in [1.29, 1.82) is 0 Å². The first kappa shape index (κ1) is 11.2. The van der Waals surface area contributed by atoms with E-state index in [1.807, 2.05) is 0 Å². The van der Waals surface area contributed by atoms with Crippen LogP contribution >= 0.6 is 23.2 Å². The second-order valence-electron chi connectivity index (χ2n) is 2.98. The molecule has 0 saturated heterocycles. The Morgan fingerprint density at radius 2 is 1.25 bits per heavy atom. The van der Waals surface area contributed by atoms with E-state index in [4.69, 9.17) is 23.2 Å². The lowest BCUT2D eigenvalue weighted by Crippen LogP contribution is -1.97. The zero-order valence-electron chi connectivity index (χ0n) is 8.27. The number of hydrogen-bond acceptors (Lipinski definition) is 4. The summed E-state index contributed by atoms with van der Waals surface area (Å²) < 4.78 is 0. The van der Waals surface area contributed by atoms with Crippen LogP contribution in [0.25, 0.3) is 11.4 Å². The molecule has 0 N–H and O–H groups in total. The standard InChI is InChI=1S/C10H8Cl2N4/c11-5-9-13-3-1-7(15-9)8-2-4-14-10(6-12)16-8/h1-4H,5-6H2. The van der Waals surface area contributed by atoms with Crippen LogP contribution in [0, 0.1) is 0 Å². The van der Waals surface area contributed by atoms with Crippen molar-refractivity contribution in [3.05, 3.63) is 36.2 Å². The zero-order chi connectivity index (χ0) is 11.4. The van der Waals surface area contributed by atoms with E-state index in [9.17, 15) is 0 Å². The second-order valence-corrected chi connectivity index (χ2v) is 3.52. The van der Waals surface area contributed by atoms with E-state index in [1.54, 1.807) is 24.5 Å². The minimum absolute atomic E-state index is 0.279. The highest BCUT2D eigenvalue weighted by Gasteiger charge is 2.04. The number of hydrogen-bond donors (Lipinski definition) is 0. The fourth-order valence-electron chi connectivity index (χ4n) is 1.21. The Bertz CT molecular complexity index is 444. The first-order valence-corrected chi connectivity index (χ1v) is 5.66. The largest absolute Gasteiger partial charge is 0.240 e. The molecule has 2 aromatic rings. The summed E-state index contributed by atoms with van der Waals surface area (Å²) in [6.45, 7) is 0. The molecular formula is C10H8Cl2N4. The van der Waals surface area contributed by atoms with Gasteiger partial charge in [0.05, 0.1) is 23.1 Å². The zero-order valence-corrected chi connectivity index (χ0v) is 9.78. The molecule has 16 heavy (non-hydrogen) atoms. The van der Waals surface area contributed by atoms with E-state index in [-0.39, 0.29) is 11.8 Å². The number of aromatic nitrogens is 4. The van der Waals surface area contributed by atoms with Gasteiger partial charge >= 0.3 is 0 Å². The highest BCUT2D eigenvalue weighted by Crippen LogP contribution is 2.14. The van der Waals surface area contributed by atoms with Crippen LogP contribution in [0.2, 0.25) is 0 Å². The van der Waals surface area contributed by atoms with Crippen molar-refractivity contribution in [1.82, 2.24) is 19.9 Å². The maximum atomic E-state index is 5.67. The average Bonchev–Trinajstić information content (AvgIpc) is 2.39. The van der Waals surface area contributed by atoms with Crippen molar-refractivity contribution < 1.29 is 0 Å². The van der Waals surface area contributed by atoms with Gasteiger partial charge in [-0.1, -0.05) is 0 Å². The van der Waals surface area contributed by atoms with Gasteiger partial charge in [-0.2, -0.15) is 0 Å². The van der Waals surface area contributed by atoms with Crippen molar-refractivity contribution in [3.8, 4) is 11.4 Å². The molecule has 2 aromatic heterocycles. The molecular weight excluding hydrogens is 247 g/mol. The number of alkyl halides is 2. The van der Waals surface area contributed by atoms with Gasteiger partial charge < -0.3 is 0 Å². The SMILES string of the molecule is ClCc1nccc(-c2ccnc(CCl)n2)n1. The third-order valence-corrected chi connectivity index (χ3v) is 2.39. The van der Waals surface area contributed by atoms with Crippen LogP contribution in [0.15, 0.2) is 24.5 Å². The molecule has 6 heteroatoms. The van der Waals surface area contributed by atoms with E-state index >= 15 is 0 Å². The molecule has 0 atom stereocenters. The summed E-state index contributed by atoms with van der Waals surface area (Å²) in [4.78, 5) is 16.5. The second kappa shape index (κ2) is 5.18. The predicted octanol–water partition coefficient (Wildman–Crippen LogP) is 2.41. The molecule has 2 heterocycles. The Balaban J connectivity index is 2.41. The van der Waals surface area contributed by atoms with Gasteiger partial charge in [0.2, 0.25) is 0 Å². The van der Waals surface area contributed by atoms with Crippen molar-refractivity contribution in [3.63, 3.8) is 0 Å². The van der Waals surface area contributed by atoms with Gasteiger partial charge in [0.15, 0.2) is 0 Å². The molecule has 0 fully saturated rings. The van der Waals surface area contributed by atoms with Crippen LogP contribution in [0.3, 0.4) is 0 Å². The lowest BCUT2D eigenvalue weighted by atomic mass is 10.3. The van der Waals surface area contributed by atoms with E-state index in [2.05, 4.69) is 19.9 Å². The molecule has 0 aliphatic heterocycles. The Hall–Kier alpha value is -1.26. The topological polar surface area (TPSA) is 51.6 Å². The number of nitrogens with zero attached hydrogens (tertiary/aromatic N) is 4. The van der Waals surface area contributed by atoms with Gasteiger partial charge in [0, 0.05) is 12.4 Å². The first-order chi connectivity index (χ1) is 7.83. The molecule has 82 valence electrons. The molecule has 0 amide bonds. The maximum absolute atomic E-state index is 5.67. The summed E-state index contributed by atoms with van der Waals surface area (Å²) in [7, 11) is 0. The van der Waals surface area contributed by atoms with Crippen LogP contribution in [0.1, 0.15) is 11.6 Å². The minimum atomic E-state index is 0.279. The normalized spacial score (nSPS) is 10.4. The van der Waals surface area contributed by atoms with E-state index in [0.717, 1.165) is 11.4 Å².